The second kappa shape index (κ2) is 13.5. The number of ether oxygens (including phenoxy) is 1. The number of hydrogen-bond acceptors (Lipinski definition) is 5. The van der Waals surface area contributed by atoms with E-state index < -0.39 is 18.2 Å². The van der Waals surface area contributed by atoms with Gasteiger partial charge in [0.25, 0.3) is 5.91 Å². The minimum atomic E-state index is -0.463. The minimum Gasteiger partial charge on any atom is -0.487 e. The highest BCUT2D eigenvalue weighted by atomic mass is 16.5. The van der Waals surface area contributed by atoms with E-state index >= 15 is 0 Å². The fourth-order valence-electron chi connectivity index (χ4n) is 5.23. The second-order valence-electron chi connectivity index (χ2n) is 11.1. The molecular weight excluding hydrogens is 558 g/mol. The lowest BCUT2D eigenvalue weighted by Crippen LogP contribution is -2.50. The van der Waals surface area contributed by atoms with Crippen LogP contribution in [-0.4, -0.2) is 71.8 Å². The fourth-order valence-corrected chi connectivity index (χ4v) is 5.23. The molecule has 1 aliphatic heterocycles. The molecule has 1 heterocycles. The van der Waals surface area contributed by atoms with E-state index in [9.17, 15) is 19.5 Å². The largest absolute Gasteiger partial charge is 0.487 e. The Kier molecular flexibility index (Phi) is 9.30. The fraction of sp³-hybridized carbons (Fsp3) is 0.265. The van der Waals surface area contributed by atoms with Crippen molar-refractivity contribution in [3.63, 3.8) is 0 Å². The van der Waals surface area contributed by atoms with E-state index in [1.807, 2.05) is 79.7 Å². The third kappa shape index (κ3) is 6.92. The summed E-state index contributed by atoms with van der Waals surface area (Å²) in [4.78, 5) is 42.9. The normalized spacial score (nSPS) is 17.0. The molecule has 0 radical (unpaired) electrons. The van der Waals surface area contributed by atoms with Crippen LogP contribution in [0, 0.1) is 5.92 Å². The van der Waals surface area contributed by atoms with Crippen molar-refractivity contribution >= 4 is 45.8 Å². The lowest BCUT2D eigenvalue weighted by molar-refractivity contribution is 0.0371. The predicted molar refractivity (Wildman–Crippen MR) is 172 cm³/mol. The highest BCUT2D eigenvalue weighted by molar-refractivity contribution is 6.07. The van der Waals surface area contributed by atoms with Gasteiger partial charge in [-0.2, -0.15) is 0 Å². The van der Waals surface area contributed by atoms with Crippen molar-refractivity contribution in [1.82, 2.24) is 9.80 Å². The Morgan fingerprint density at radius 1 is 0.955 bits per heavy atom. The van der Waals surface area contributed by atoms with Crippen molar-refractivity contribution in [1.29, 1.82) is 0 Å². The minimum absolute atomic E-state index is 0.169. The van der Waals surface area contributed by atoms with Crippen molar-refractivity contribution in [2.45, 2.75) is 26.0 Å². The maximum absolute atomic E-state index is 13.8. The molecule has 1 aliphatic rings. The molecule has 0 fully saturated rings. The average molecular weight is 596 g/mol. The van der Waals surface area contributed by atoms with Crippen LogP contribution >= 0.6 is 0 Å². The summed E-state index contributed by atoms with van der Waals surface area (Å²) < 4.78 is 6.40. The number of benzene rings is 4. The molecular formula is C34H37N5O5. The zero-order valence-electron chi connectivity index (χ0n) is 25.0. The number of nitrogens with one attached hydrogen (secondary N) is 3. The number of para-hydroxylation sites is 1. The molecule has 0 unspecified atom stereocenters. The smallest absolute Gasteiger partial charge is 0.323 e. The standard InChI is InChI=1S/C34H37N5O5/c1-22-19-39(23(2)21-40)32(41)28-18-26(35-33(42)37-29-15-9-11-24-10-7-8-14-27(24)29)16-17-30(28)44-31(22)20-38(3)34(43)36-25-12-5-4-6-13-25/h4-18,22-23,31,40H,19-21H2,1-3H3,(H,36,43)(H2,35,37,42)/t22-,23+,31+/m0/s1. The quantitative estimate of drug-likeness (QED) is 0.213. The van der Waals surface area contributed by atoms with Crippen LogP contribution in [0.5, 0.6) is 5.75 Å². The van der Waals surface area contributed by atoms with Crippen molar-refractivity contribution in [3.8, 4) is 5.75 Å². The molecule has 5 rings (SSSR count). The number of urea groups is 2. The number of anilines is 3. The molecule has 10 heteroatoms. The molecule has 5 amide bonds. The van der Waals surface area contributed by atoms with Crippen LogP contribution in [0.1, 0.15) is 24.2 Å². The number of aliphatic hydroxyl groups is 1. The van der Waals surface area contributed by atoms with Gasteiger partial charge in [-0.15, -0.1) is 0 Å². The van der Waals surface area contributed by atoms with Crippen LogP contribution in [0.4, 0.5) is 26.7 Å². The molecule has 4 N–H and O–H groups in total. The monoisotopic (exact) mass is 595 g/mol. The molecule has 0 saturated heterocycles. The van der Waals surface area contributed by atoms with Gasteiger partial charge >= 0.3 is 12.1 Å². The molecule has 228 valence electrons. The lowest BCUT2D eigenvalue weighted by atomic mass is 9.99. The number of hydrogen-bond donors (Lipinski definition) is 4. The summed E-state index contributed by atoms with van der Waals surface area (Å²) in [5.41, 5.74) is 1.99. The van der Waals surface area contributed by atoms with E-state index in [2.05, 4.69) is 16.0 Å². The number of likely N-dealkylation sites (N-methyl/N-ethyl adjacent to an activating group) is 1. The summed E-state index contributed by atoms with van der Waals surface area (Å²) in [6.45, 7) is 4.07. The van der Waals surface area contributed by atoms with Gasteiger partial charge in [-0.1, -0.05) is 61.5 Å². The van der Waals surface area contributed by atoms with Gasteiger partial charge in [0, 0.05) is 36.3 Å². The van der Waals surface area contributed by atoms with Crippen LogP contribution < -0.4 is 20.7 Å². The molecule has 0 aliphatic carbocycles. The number of aliphatic hydroxyl groups excluding tert-OH is 1. The van der Waals surface area contributed by atoms with Crippen molar-refractivity contribution in [2.24, 2.45) is 5.92 Å². The Bertz CT molecular complexity index is 1640. The van der Waals surface area contributed by atoms with Crippen molar-refractivity contribution in [3.05, 3.63) is 96.6 Å². The number of fused-ring (bicyclic) bond motifs is 2. The van der Waals surface area contributed by atoms with Gasteiger partial charge in [0.05, 0.1) is 30.4 Å². The zero-order valence-corrected chi connectivity index (χ0v) is 25.0. The van der Waals surface area contributed by atoms with Gasteiger partial charge in [-0.25, -0.2) is 9.59 Å². The maximum Gasteiger partial charge on any atom is 0.323 e. The second-order valence-corrected chi connectivity index (χ2v) is 11.1. The molecule has 0 bridgehead atoms. The van der Waals surface area contributed by atoms with E-state index in [0.717, 1.165) is 10.8 Å². The van der Waals surface area contributed by atoms with E-state index in [-0.39, 0.29) is 36.6 Å². The summed E-state index contributed by atoms with van der Waals surface area (Å²) in [5, 5.41) is 20.5. The SMILES string of the molecule is C[C@H](CO)N1C[C@H](C)[C@@H](CN(C)C(=O)Nc2ccccc2)Oc2ccc(NC(=O)Nc3cccc4ccccc34)cc2C1=O. The third-order valence-electron chi connectivity index (χ3n) is 7.79. The van der Waals surface area contributed by atoms with Gasteiger partial charge in [-0.3, -0.25) is 4.79 Å². The summed E-state index contributed by atoms with van der Waals surface area (Å²) in [5.74, 6) is -0.156. The Balaban J connectivity index is 1.36. The highest BCUT2D eigenvalue weighted by Gasteiger charge is 2.34. The summed E-state index contributed by atoms with van der Waals surface area (Å²) in [6.07, 6.45) is -0.463. The molecule has 0 spiro atoms. The average Bonchev–Trinajstić information content (AvgIpc) is 3.03. The van der Waals surface area contributed by atoms with E-state index in [4.69, 9.17) is 4.74 Å². The first-order valence-electron chi connectivity index (χ1n) is 14.6. The molecule has 4 aromatic rings. The zero-order chi connectivity index (χ0) is 31.2. The van der Waals surface area contributed by atoms with E-state index in [1.165, 1.54) is 0 Å². The van der Waals surface area contributed by atoms with Crippen LogP contribution in [0.15, 0.2) is 91.0 Å². The van der Waals surface area contributed by atoms with Crippen LogP contribution in [0.2, 0.25) is 0 Å². The number of nitrogens with zero attached hydrogens (tertiary/aromatic N) is 2. The van der Waals surface area contributed by atoms with Crippen LogP contribution in [0.25, 0.3) is 10.8 Å². The molecule has 4 aromatic carbocycles. The van der Waals surface area contributed by atoms with Gasteiger partial charge in [0.2, 0.25) is 0 Å². The number of amides is 5. The molecule has 10 nitrogen and oxygen atoms in total. The van der Waals surface area contributed by atoms with E-state index in [0.29, 0.717) is 29.4 Å². The van der Waals surface area contributed by atoms with Gasteiger partial charge in [0.1, 0.15) is 11.9 Å². The van der Waals surface area contributed by atoms with Gasteiger partial charge in [-0.05, 0) is 48.7 Å². The molecule has 0 aromatic heterocycles. The Labute approximate surface area is 256 Å². The molecule has 3 atom stereocenters. The van der Waals surface area contributed by atoms with E-state index in [1.54, 1.807) is 42.0 Å². The topological polar surface area (TPSA) is 123 Å². The third-order valence-corrected chi connectivity index (χ3v) is 7.79. The first kappa shape index (κ1) is 30.4. The van der Waals surface area contributed by atoms with Crippen LogP contribution in [-0.2, 0) is 0 Å². The Morgan fingerprint density at radius 2 is 1.68 bits per heavy atom. The van der Waals surface area contributed by atoms with Crippen LogP contribution in [0.3, 0.4) is 0 Å². The first-order chi connectivity index (χ1) is 21.2. The summed E-state index contributed by atoms with van der Waals surface area (Å²) in [7, 11) is 1.69. The lowest BCUT2D eigenvalue weighted by Gasteiger charge is -2.38. The summed E-state index contributed by atoms with van der Waals surface area (Å²) in [6, 6.07) is 26.3. The van der Waals surface area contributed by atoms with Gasteiger partial charge in [0.15, 0.2) is 0 Å². The number of carbonyl (C=O) groups excluding carboxylic acids is 3. The number of rotatable bonds is 7. The van der Waals surface area contributed by atoms with Crippen molar-refractivity contribution in [2.75, 3.05) is 42.7 Å². The van der Waals surface area contributed by atoms with Gasteiger partial charge < -0.3 is 35.6 Å². The first-order valence-corrected chi connectivity index (χ1v) is 14.6. The number of carbonyl (C=O) groups is 3. The van der Waals surface area contributed by atoms with Crippen molar-refractivity contribution < 1.29 is 24.2 Å². The Hall–Kier alpha value is -5.09. The highest BCUT2D eigenvalue weighted by Crippen LogP contribution is 2.31. The maximum atomic E-state index is 13.8. The molecule has 0 saturated carbocycles. The Morgan fingerprint density at radius 3 is 2.45 bits per heavy atom. The molecule has 44 heavy (non-hydrogen) atoms. The predicted octanol–water partition coefficient (Wildman–Crippen LogP) is 5.87. The summed E-state index contributed by atoms with van der Waals surface area (Å²) >= 11 is 0.